The zero-order chi connectivity index (χ0) is 17.0. The molecule has 2 atom stereocenters. The Bertz CT molecular complexity index is 601. The first-order chi connectivity index (χ1) is 10.9. The number of nitrogens with one attached hydrogen (secondary N) is 1. The smallest absolute Gasteiger partial charge is 0.408 e. The fourth-order valence-electron chi connectivity index (χ4n) is 2.34. The van der Waals surface area contributed by atoms with Crippen LogP contribution in [0.2, 0.25) is 0 Å². The zero-order valence-electron chi connectivity index (χ0n) is 11.9. The third-order valence-corrected chi connectivity index (χ3v) is 3.89. The van der Waals surface area contributed by atoms with E-state index in [0.717, 1.165) is 14.9 Å². The van der Waals surface area contributed by atoms with E-state index in [-0.39, 0.29) is 19.5 Å². The maximum Gasteiger partial charge on any atom is 0.408 e. The number of hydrogen-bond acceptors (Lipinski definition) is 4. The van der Waals surface area contributed by atoms with Crippen LogP contribution in [0.3, 0.4) is 0 Å². The molecule has 0 bridgehead atoms. The highest BCUT2D eigenvalue weighted by molar-refractivity contribution is 9.10. The van der Waals surface area contributed by atoms with Gasteiger partial charge in [-0.25, -0.2) is 14.4 Å². The number of carboxylic acid groups (broad SMARTS) is 2. The van der Waals surface area contributed by atoms with Gasteiger partial charge in [0.25, 0.3) is 0 Å². The van der Waals surface area contributed by atoms with Crippen LogP contribution in [0.4, 0.5) is 9.59 Å². The highest BCUT2D eigenvalue weighted by Gasteiger charge is 2.41. The molecule has 2 rings (SSSR count). The number of nitrogens with zero attached hydrogens (tertiary/aromatic N) is 1. The number of ether oxygens (including phenoxy) is 1. The van der Waals surface area contributed by atoms with E-state index in [1.54, 1.807) is 0 Å². The van der Waals surface area contributed by atoms with Gasteiger partial charge in [-0.15, -0.1) is 0 Å². The second kappa shape index (κ2) is 7.32. The SMILES string of the molecule is O=C(NCc1cccc(Br)c1)O[C@@H]1C[C@@H](C(=O)O)N(C(=O)O)C1. The average Bonchev–Trinajstić information content (AvgIpc) is 2.89. The minimum atomic E-state index is -1.35. The molecule has 0 radical (unpaired) electrons. The summed E-state index contributed by atoms with van der Waals surface area (Å²) in [6.45, 7) is 0.0899. The number of benzene rings is 1. The molecule has 0 aromatic heterocycles. The standard InChI is InChI=1S/C14H15BrN2O6/c15-9-3-1-2-8(4-9)6-16-13(20)23-10-5-11(12(18)19)17(7-10)14(21)22/h1-4,10-11H,5-7H2,(H,16,20)(H,18,19)(H,21,22)/t10-,11+/m1/s1. The fraction of sp³-hybridized carbons (Fsp3) is 0.357. The lowest BCUT2D eigenvalue weighted by atomic mass is 10.2. The van der Waals surface area contributed by atoms with E-state index in [2.05, 4.69) is 21.2 Å². The number of halogens is 1. The summed E-state index contributed by atoms with van der Waals surface area (Å²) in [4.78, 5) is 34.5. The Morgan fingerprint density at radius 3 is 2.65 bits per heavy atom. The molecular formula is C14H15BrN2O6. The Balaban J connectivity index is 1.86. The van der Waals surface area contributed by atoms with E-state index in [9.17, 15) is 14.4 Å². The molecule has 3 N–H and O–H groups in total. The van der Waals surface area contributed by atoms with Crippen LogP contribution < -0.4 is 5.32 Å². The molecule has 0 saturated carbocycles. The second-order valence-corrected chi connectivity index (χ2v) is 5.95. The molecule has 1 aliphatic rings. The third-order valence-electron chi connectivity index (χ3n) is 3.39. The number of likely N-dealkylation sites (tertiary alicyclic amines) is 1. The lowest BCUT2D eigenvalue weighted by Gasteiger charge is -2.16. The van der Waals surface area contributed by atoms with E-state index < -0.39 is 30.3 Å². The number of alkyl carbamates (subject to hydrolysis) is 1. The van der Waals surface area contributed by atoms with Crippen molar-refractivity contribution in [2.45, 2.75) is 25.1 Å². The molecule has 8 nitrogen and oxygen atoms in total. The Kier molecular flexibility index (Phi) is 5.43. The highest BCUT2D eigenvalue weighted by Crippen LogP contribution is 2.21. The summed E-state index contributed by atoms with van der Waals surface area (Å²) in [5.74, 6) is -1.26. The molecule has 1 saturated heterocycles. The normalized spacial score (nSPS) is 20.1. The summed E-state index contributed by atoms with van der Waals surface area (Å²) in [5, 5.41) is 20.5. The Labute approximate surface area is 140 Å². The van der Waals surface area contributed by atoms with Crippen molar-refractivity contribution in [2.24, 2.45) is 0 Å². The van der Waals surface area contributed by atoms with Crippen molar-refractivity contribution in [3.05, 3.63) is 34.3 Å². The Morgan fingerprint density at radius 2 is 2.09 bits per heavy atom. The van der Waals surface area contributed by atoms with Gasteiger partial charge in [0.15, 0.2) is 0 Å². The van der Waals surface area contributed by atoms with E-state index in [4.69, 9.17) is 14.9 Å². The van der Waals surface area contributed by atoms with Crippen LogP contribution in [0.5, 0.6) is 0 Å². The van der Waals surface area contributed by atoms with Gasteiger partial charge in [-0.3, -0.25) is 4.90 Å². The van der Waals surface area contributed by atoms with Gasteiger partial charge >= 0.3 is 18.2 Å². The van der Waals surface area contributed by atoms with Gasteiger partial charge in [-0.05, 0) is 17.7 Å². The minimum Gasteiger partial charge on any atom is -0.480 e. The van der Waals surface area contributed by atoms with Crippen molar-refractivity contribution in [1.82, 2.24) is 10.2 Å². The largest absolute Gasteiger partial charge is 0.480 e. The molecule has 0 aliphatic carbocycles. The van der Waals surface area contributed by atoms with Crippen LogP contribution in [0.15, 0.2) is 28.7 Å². The quantitative estimate of drug-likeness (QED) is 0.727. The van der Waals surface area contributed by atoms with E-state index in [0.29, 0.717) is 0 Å². The van der Waals surface area contributed by atoms with Gasteiger partial charge < -0.3 is 20.3 Å². The third kappa shape index (κ3) is 4.59. The molecule has 1 fully saturated rings. The van der Waals surface area contributed by atoms with Gasteiger partial charge in [-0.1, -0.05) is 28.1 Å². The lowest BCUT2D eigenvalue weighted by molar-refractivity contribution is -0.141. The number of carboxylic acids is 1. The molecule has 0 unspecified atom stereocenters. The van der Waals surface area contributed by atoms with Gasteiger partial charge in [-0.2, -0.15) is 0 Å². The number of carbonyl (C=O) groups is 3. The van der Waals surface area contributed by atoms with Crippen molar-refractivity contribution in [2.75, 3.05) is 6.54 Å². The summed E-state index contributed by atoms with van der Waals surface area (Å²) >= 11 is 3.32. The van der Waals surface area contributed by atoms with Gasteiger partial charge in [0.1, 0.15) is 12.1 Å². The van der Waals surface area contributed by atoms with Crippen LogP contribution in [0, 0.1) is 0 Å². The van der Waals surface area contributed by atoms with Crippen molar-refractivity contribution in [3.63, 3.8) is 0 Å². The van der Waals surface area contributed by atoms with Crippen molar-refractivity contribution in [3.8, 4) is 0 Å². The van der Waals surface area contributed by atoms with Crippen LogP contribution in [0.25, 0.3) is 0 Å². The molecular weight excluding hydrogens is 372 g/mol. The highest BCUT2D eigenvalue weighted by atomic mass is 79.9. The molecule has 1 aromatic carbocycles. The molecule has 124 valence electrons. The summed E-state index contributed by atoms with van der Waals surface area (Å²) < 4.78 is 5.97. The molecule has 9 heteroatoms. The Hall–Kier alpha value is -2.29. The zero-order valence-corrected chi connectivity index (χ0v) is 13.5. The number of aliphatic carboxylic acids is 1. The van der Waals surface area contributed by atoms with Crippen molar-refractivity contribution in [1.29, 1.82) is 0 Å². The first-order valence-corrected chi connectivity index (χ1v) is 7.57. The van der Waals surface area contributed by atoms with E-state index >= 15 is 0 Å². The van der Waals surface area contributed by atoms with Gasteiger partial charge in [0, 0.05) is 17.4 Å². The molecule has 1 aromatic rings. The van der Waals surface area contributed by atoms with E-state index in [1.165, 1.54) is 0 Å². The lowest BCUT2D eigenvalue weighted by Crippen LogP contribution is -2.39. The summed E-state index contributed by atoms with van der Waals surface area (Å²) in [7, 11) is 0. The Morgan fingerprint density at radius 1 is 1.35 bits per heavy atom. The first-order valence-electron chi connectivity index (χ1n) is 6.78. The number of rotatable bonds is 4. The number of amides is 2. The maximum absolute atomic E-state index is 11.8. The maximum atomic E-state index is 11.8. The molecule has 1 heterocycles. The van der Waals surface area contributed by atoms with Crippen molar-refractivity contribution < 1.29 is 29.3 Å². The topological polar surface area (TPSA) is 116 Å². The minimum absolute atomic E-state index is 0.0636. The van der Waals surface area contributed by atoms with Crippen LogP contribution in [0.1, 0.15) is 12.0 Å². The summed E-state index contributed by atoms with van der Waals surface area (Å²) in [6, 6.07) is 6.14. The monoisotopic (exact) mass is 386 g/mol. The average molecular weight is 387 g/mol. The summed E-state index contributed by atoms with van der Waals surface area (Å²) in [5.41, 5.74) is 0.860. The van der Waals surface area contributed by atoms with E-state index in [1.807, 2.05) is 24.3 Å². The van der Waals surface area contributed by atoms with Crippen molar-refractivity contribution >= 4 is 34.1 Å². The number of carbonyl (C=O) groups excluding carboxylic acids is 1. The fourth-order valence-corrected chi connectivity index (χ4v) is 2.79. The molecule has 23 heavy (non-hydrogen) atoms. The van der Waals surface area contributed by atoms with Crippen LogP contribution >= 0.6 is 15.9 Å². The first kappa shape index (κ1) is 17.1. The molecule has 0 spiro atoms. The predicted molar refractivity (Wildman–Crippen MR) is 82.0 cm³/mol. The predicted octanol–water partition coefficient (Wildman–Crippen LogP) is 1.88. The second-order valence-electron chi connectivity index (χ2n) is 5.04. The van der Waals surface area contributed by atoms with Crippen LogP contribution in [-0.2, 0) is 16.1 Å². The van der Waals surface area contributed by atoms with Crippen LogP contribution in [-0.4, -0.2) is 52.0 Å². The molecule has 1 aliphatic heterocycles. The number of hydrogen-bond donors (Lipinski definition) is 3. The molecule has 2 amide bonds. The summed E-state index contributed by atoms with van der Waals surface area (Å²) in [6.07, 6.45) is -2.91. The van der Waals surface area contributed by atoms with Gasteiger partial charge in [0.05, 0.1) is 6.54 Å². The van der Waals surface area contributed by atoms with Gasteiger partial charge in [0.2, 0.25) is 0 Å².